The van der Waals surface area contributed by atoms with Crippen LogP contribution in [0.5, 0.6) is 5.75 Å². The number of thiazole rings is 1. The van der Waals surface area contributed by atoms with E-state index in [2.05, 4.69) is 20.9 Å². The molecule has 0 unspecified atom stereocenters. The van der Waals surface area contributed by atoms with Gasteiger partial charge in [-0.25, -0.2) is 9.37 Å². The van der Waals surface area contributed by atoms with E-state index in [1.807, 2.05) is 24.3 Å². The van der Waals surface area contributed by atoms with Gasteiger partial charge in [-0.1, -0.05) is 28.1 Å². The molecule has 20 heavy (non-hydrogen) atoms. The molecule has 1 heterocycles. The maximum atomic E-state index is 13.1. The molecule has 102 valence electrons. The third-order valence-electron chi connectivity index (χ3n) is 2.81. The fraction of sp³-hybridized carbons (Fsp3) is 0.133. The van der Waals surface area contributed by atoms with Gasteiger partial charge in [-0.3, -0.25) is 0 Å². The molecule has 0 N–H and O–H groups in total. The van der Waals surface area contributed by atoms with Crippen molar-refractivity contribution in [1.29, 1.82) is 0 Å². The number of fused-ring (bicyclic) bond motifs is 1. The summed E-state index contributed by atoms with van der Waals surface area (Å²) < 4.78 is 19.8. The van der Waals surface area contributed by atoms with Crippen molar-refractivity contribution in [3.8, 4) is 5.75 Å². The van der Waals surface area contributed by atoms with Crippen LogP contribution in [0.1, 0.15) is 10.6 Å². The van der Waals surface area contributed by atoms with E-state index in [1.165, 1.54) is 23.5 Å². The van der Waals surface area contributed by atoms with Gasteiger partial charge in [0.15, 0.2) is 0 Å². The van der Waals surface area contributed by atoms with Gasteiger partial charge in [0.1, 0.15) is 23.2 Å². The molecule has 0 spiro atoms. The summed E-state index contributed by atoms with van der Waals surface area (Å²) in [4.78, 5) is 4.38. The molecule has 2 aromatic carbocycles. The number of hydrogen-bond donors (Lipinski definition) is 0. The number of nitrogens with zero attached hydrogens (tertiary/aromatic N) is 1. The van der Waals surface area contributed by atoms with Crippen LogP contribution in [0.3, 0.4) is 0 Å². The Morgan fingerprint density at radius 2 is 2.10 bits per heavy atom. The summed E-state index contributed by atoms with van der Waals surface area (Å²) in [5.41, 5.74) is 1.84. The topological polar surface area (TPSA) is 22.1 Å². The van der Waals surface area contributed by atoms with Crippen LogP contribution >= 0.6 is 27.3 Å². The fourth-order valence-corrected chi connectivity index (χ4v) is 3.08. The van der Waals surface area contributed by atoms with Gasteiger partial charge in [-0.15, -0.1) is 11.3 Å². The first-order chi connectivity index (χ1) is 9.74. The van der Waals surface area contributed by atoms with Crippen LogP contribution < -0.4 is 4.74 Å². The smallest absolute Gasteiger partial charge is 0.140 e. The van der Waals surface area contributed by atoms with E-state index in [-0.39, 0.29) is 5.82 Å². The minimum atomic E-state index is -0.264. The molecule has 0 radical (unpaired) electrons. The molecule has 0 amide bonds. The van der Waals surface area contributed by atoms with Gasteiger partial charge < -0.3 is 4.74 Å². The lowest BCUT2D eigenvalue weighted by Gasteiger charge is -2.04. The summed E-state index contributed by atoms with van der Waals surface area (Å²) in [6.07, 6.45) is 0. The Morgan fingerprint density at radius 1 is 1.20 bits per heavy atom. The Kier molecular flexibility index (Phi) is 3.98. The summed E-state index contributed by atoms with van der Waals surface area (Å²) in [6, 6.07) is 12.5. The minimum absolute atomic E-state index is 0.264. The molecule has 2 nitrogen and oxygen atoms in total. The Morgan fingerprint density at radius 3 is 2.95 bits per heavy atom. The van der Waals surface area contributed by atoms with Crippen LogP contribution in [0.15, 0.2) is 42.5 Å². The van der Waals surface area contributed by atoms with Gasteiger partial charge in [0.05, 0.1) is 10.2 Å². The first kappa shape index (κ1) is 13.5. The molecule has 3 aromatic rings. The number of halogens is 2. The van der Waals surface area contributed by atoms with E-state index in [0.717, 1.165) is 26.4 Å². The average Bonchev–Trinajstić information content (AvgIpc) is 2.87. The third kappa shape index (κ3) is 2.99. The molecule has 5 heteroatoms. The van der Waals surface area contributed by atoms with Gasteiger partial charge in [0.2, 0.25) is 0 Å². The maximum Gasteiger partial charge on any atom is 0.140 e. The summed E-state index contributed by atoms with van der Waals surface area (Å²) in [5, 5.41) is 1.64. The lowest BCUT2D eigenvalue weighted by Crippen LogP contribution is -1.94. The minimum Gasteiger partial charge on any atom is -0.486 e. The molecule has 0 aliphatic carbocycles. The van der Waals surface area contributed by atoms with Crippen molar-refractivity contribution in [3.63, 3.8) is 0 Å². The third-order valence-corrected chi connectivity index (χ3v) is 4.47. The SMILES string of the molecule is Fc1ccc2sc(COc3cccc(CBr)c3)nc2c1. The van der Waals surface area contributed by atoms with E-state index < -0.39 is 0 Å². The number of hydrogen-bond acceptors (Lipinski definition) is 3. The van der Waals surface area contributed by atoms with E-state index in [4.69, 9.17) is 4.74 Å². The largest absolute Gasteiger partial charge is 0.486 e. The normalized spacial score (nSPS) is 10.9. The number of alkyl halides is 1. The second-order valence-electron chi connectivity index (χ2n) is 4.29. The van der Waals surface area contributed by atoms with E-state index in [0.29, 0.717) is 12.1 Å². The lowest BCUT2D eigenvalue weighted by molar-refractivity contribution is 0.305. The number of aromatic nitrogens is 1. The zero-order valence-electron chi connectivity index (χ0n) is 10.5. The number of rotatable bonds is 4. The Hall–Kier alpha value is -1.46. The molecule has 3 rings (SSSR count). The second-order valence-corrected chi connectivity index (χ2v) is 5.97. The highest BCUT2D eigenvalue weighted by Gasteiger charge is 2.06. The van der Waals surface area contributed by atoms with Crippen molar-refractivity contribution < 1.29 is 9.13 Å². The molecule has 1 aromatic heterocycles. The van der Waals surface area contributed by atoms with Crippen molar-refractivity contribution >= 4 is 37.5 Å². The first-order valence-corrected chi connectivity index (χ1v) is 8.01. The molecular formula is C15H11BrFNOS. The number of benzene rings is 2. The Balaban J connectivity index is 1.76. The average molecular weight is 352 g/mol. The van der Waals surface area contributed by atoms with Gasteiger partial charge in [0.25, 0.3) is 0 Å². The molecule has 0 saturated heterocycles. The van der Waals surface area contributed by atoms with E-state index in [9.17, 15) is 4.39 Å². The van der Waals surface area contributed by atoms with Crippen LogP contribution in [0.2, 0.25) is 0 Å². The van der Waals surface area contributed by atoms with Crippen LogP contribution in [-0.2, 0) is 11.9 Å². The van der Waals surface area contributed by atoms with Crippen molar-refractivity contribution in [3.05, 3.63) is 58.9 Å². The highest BCUT2D eigenvalue weighted by molar-refractivity contribution is 9.08. The monoisotopic (exact) mass is 351 g/mol. The second kappa shape index (κ2) is 5.89. The highest BCUT2D eigenvalue weighted by Crippen LogP contribution is 2.24. The van der Waals surface area contributed by atoms with Crippen molar-refractivity contribution in [2.45, 2.75) is 11.9 Å². The molecule has 0 fully saturated rings. The van der Waals surface area contributed by atoms with Crippen LogP contribution in [0.4, 0.5) is 4.39 Å². The highest BCUT2D eigenvalue weighted by atomic mass is 79.9. The predicted octanol–water partition coefficient (Wildman–Crippen LogP) is 4.91. The molecule has 0 saturated carbocycles. The fourth-order valence-electron chi connectivity index (χ4n) is 1.87. The zero-order valence-corrected chi connectivity index (χ0v) is 12.9. The van der Waals surface area contributed by atoms with Crippen LogP contribution in [0.25, 0.3) is 10.2 Å². The van der Waals surface area contributed by atoms with Gasteiger partial charge >= 0.3 is 0 Å². The maximum absolute atomic E-state index is 13.1. The Bertz CT molecular complexity index is 744. The summed E-state index contributed by atoms with van der Waals surface area (Å²) in [7, 11) is 0. The Labute approximate surface area is 128 Å². The predicted molar refractivity (Wildman–Crippen MR) is 83.0 cm³/mol. The van der Waals surface area contributed by atoms with Crippen molar-refractivity contribution in [2.24, 2.45) is 0 Å². The van der Waals surface area contributed by atoms with Crippen molar-refractivity contribution in [1.82, 2.24) is 4.98 Å². The molecular weight excluding hydrogens is 341 g/mol. The van der Waals surface area contributed by atoms with Crippen LogP contribution in [0, 0.1) is 5.82 Å². The zero-order chi connectivity index (χ0) is 13.9. The standard InChI is InChI=1S/C15H11BrFNOS/c16-8-10-2-1-3-12(6-10)19-9-15-18-13-7-11(17)4-5-14(13)20-15/h1-7H,8-9H2. The molecule has 0 aliphatic rings. The van der Waals surface area contributed by atoms with Crippen LogP contribution in [-0.4, -0.2) is 4.98 Å². The molecule has 0 bridgehead atoms. The summed E-state index contributed by atoms with van der Waals surface area (Å²) >= 11 is 4.94. The van der Waals surface area contributed by atoms with Gasteiger partial charge in [-0.2, -0.15) is 0 Å². The first-order valence-electron chi connectivity index (χ1n) is 6.07. The van der Waals surface area contributed by atoms with E-state index in [1.54, 1.807) is 6.07 Å². The summed E-state index contributed by atoms with van der Waals surface area (Å²) in [6.45, 7) is 0.396. The van der Waals surface area contributed by atoms with Gasteiger partial charge in [-0.05, 0) is 29.8 Å². The van der Waals surface area contributed by atoms with Gasteiger partial charge in [0, 0.05) is 11.4 Å². The number of ether oxygens (including phenoxy) is 1. The molecule has 0 atom stereocenters. The van der Waals surface area contributed by atoms with E-state index >= 15 is 0 Å². The quantitative estimate of drug-likeness (QED) is 0.623. The van der Waals surface area contributed by atoms with Crippen molar-refractivity contribution in [2.75, 3.05) is 0 Å². The lowest BCUT2D eigenvalue weighted by atomic mass is 10.2. The molecule has 0 aliphatic heterocycles. The summed E-state index contributed by atoms with van der Waals surface area (Å²) in [5.74, 6) is 0.549.